The van der Waals surface area contributed by atoms with Crippen LogP contribution in [0.2, 0.25) is 0 Å². The number of carbonyl (C=O) groups is 2. The largest absolute Gasteiger partial charge is 0.484 e. The summed E-state index contributed by atoms with van der Waals surface area (Å²) in [4.78, 5) is 28.9. The first-order valence-electron chi connectivity index (χ1n) is 12.4. The van der Waals surface area contributed by atoms with Crippen molar-refractivity contribution in [3.63, 3.8) is 0 Å². The molecule has 0 bridgehead atoms. The third-order valence-electron chi connectivity index (χ3n) is 5.76. The molecule has 0 aromatic heterocycles. The number of ether oxygens (including phenoxy) is 1. The minimum Gasteiger partial charge on any atom is -0.484 e. The second kappa shape index (κ2) is 11.9. The Morgan fingerprint density at radius 3 is 2.08 bits per heavy atom. The highest BCUT2D eigenvalue weighted by Crippen LogP contribution is 2.19. The van der Waals surface area contributed by atoms with Crippen LogP contribution in [0.3, 0.4) is 0 Å². The predicted octanol–water partition coefficient (Wildman–Crippen LogP) is 5.55. The van der Waals surface area contributed by atoms with Crippen LogP contribution in [0.15, 0.2) is 72.8 Å². The molecule has 5 nitrogen and oxygen atoms in total. The normalized spacial score (nSPS) is 12.1. The lowest BCUT2D eigenvalue weighted by molar-refractivity contribution is -0.143. The average Bonchev–Trinajstić information content (AvgIpc) is 2.79. The number of aryl methyl sites for hydroxylation is 3. The summed E-state index contributed by atoms with van der Waals surface area (Å²) in [5, 5.41) is 3.09. The van der Waals surface area contributed by atoms with E-state index in [1.807, 2.05) is 108 Å². The van der Waals surface area contributed by atoms with E-state index in [0.717, 1.165) is 27.8 Å². The first-order chi connectivity index (χ1) is 17.0. The van der Waals surface area contributed by atoms with Crippen LogP contribution in [-0.4, -0.2) is 34.9 Å². The van der Waals surface area contributed by atoms with Gasteiger partial charge in [-0.1, -0.05) is 66.2 Å². The number of nitrogens with one attached hydrogen (secondary N) is 1. The van der Waals surface area contributed by atoms with Crippen molar-refractivity contribution in [2.75, 3.05) is 6.61 Å². The van der Waals surface area contributed by atoms with Crippen LogP contribution in [-0.2, 0) is 22.6 Å². The van der Waals surface area contributed by atoms with E-state index in [1.165, 1.54) is 0 Å². The highest BCUT2D eigenvalue weighted by molar-refractivity contribution is 5.89. The monoisotopic (exact) mass is 486 g/mol. The van der Waals surface area contributed by atoms with E-state index in [2.05, 4.69) is 11.4 Å². The van der Waals surface area contributed by atoms with Gasteiger partial charge >= 0.3 is 0 Å². The second-order valence-electron chi connectivity index (χ2n) is 10.6. The molecule has 2 amide bonds. The Labute approximate surface area is 215 Å². The van der Waals surface area contributed by atoms with Crippen molar-refractivity contribution in [2.45, 2.75) is 66.1 Å². The fourth-order valence-corrected chi connectivity index (χ4v) is 4.26. The molecule has 5 heteroatoms. The molecule has 0 aliphatic carbocycles. The molecule has 0 heterocycles. The minimum absolute atomic E-state index is 0.150. The molecule has 0 saturated carbocycles. The SMILES string of the molecule is Cc1cccc(CN(C(=O)COc2cc(C)cc(C)c2)[C@@H](Cc2ccccc2)C(=O)NC(C)(C)C)c1. The fourth-order valence-electron chi connectivity index (χ4n) is 4.26. The van der Waals surface area contributed by atoms with Crippen molar-refractivity contribution in [1.29, 1.82) is 0 Å². The van der Waals surface area contributed by atoms with Crippen LogP contribution in [0, 0.1) is 20.8 Å². The Kier molecular flexibility index (Phi) is 8.92. The Balaban J connectivity index is 1.94. The molecular formula is C31H38N2O3. The first-order valence-corrected chi connectivity index (χ1v) is 12.4. The standard InChI is InChI=1S/C31H38N2O3/c1-22-11-10-14-26(16-22)20-33(29(34)21-36-27-17-23(2)15-24(3)18-27)28(30(35)32-31(4,5)6)19-25-12-8-7-9-13-25/h7-18,28H,19-21H2,1-6H3,(H,32,35)/t28-/m0/s1. The Hall–Kier alpha value is -3.60. The van der Waals surface area contributed by atoms with Crippen LogP contribution < -0.4 is 10.1 Å². The highest BCUT2D eigenvalue weighted by atomic mass is 16.5. The topological polar surface area (TPSA) is 58.6 Å². The molecule has 190 valence electrons. The Morgan fingerprint density at radius 1 is 0.833 bits per heavy atom. The van der Waals surface area contributed by atoms with E-state index in [4.69, 9.17) is 4.74 Å². The molecule has 3 rings (SSSR count). The van der Waals surface area contributed by atoms with E-state index in [0.29, 0.717) is 18.7 Å². The lowest BCUT2D eigenvalue weighted by Crippen LogP contribution is -2.55. The van der Waals surface area contributed by atoms with E-state index < -0.39 is 11.6 Å². The van der Waals surface area contributed by atoms with Crippen molar-refractivity contribution in [1.82, 2.24) is 10.2 Å². The average molecular weight is 487 g/mol. The number of benzene rings is 3. The van der Waals surface area contributed by atoms with Crippen molar-refractivity contribution < 1.29 is 14.3 Å². The first kappa shape index (κ1) is 27.0. The zero-order valence-electron chi connectivity index (χ0n) is 22.3. The van der Waals surface area contributed by atoms with Crippen molar-refractivity contribution in [3.05, 3.63) is 101 Å². The van der Waals surface area contributed by atoms with E-state index >= 15 is 0 Å². The molecule has 3 aromatic carbocycles. The van der Waals surface area contributed by atoms with E-state index in [1.54, 1.807) is 4.90 Å². The number of hydrogen-bond donors (Lipinski definition) is 1. The van der Waals surface area contributed by atoms with Gasteiger partial charge in [0.2, 0.25) is 5.91 Å². The lowest BCUT2D eigenvalue weighted by atomic mass is 10.0. The molecule has 0 fully saturated rings. The third-order valence-corrected chi connectivity index (χ3v) is 5.76. The number of hydrogen-bond acceptors (Lipinski definition) is 3. The van der Waals surface area contributed by atoms with Gasteiger partial charge in [-0.2, -0.15) is 0 Å². The summed E-state index contributed by atoms with van der Waals surface area (Å²) in [7, 11) is 0. The van der Waals surface area contributed by atoms with Crippen LogP contribution in [0.25, 0.3) is 0 Å². The predicted molar refractivity (Wildman–Crippen MR) is 145 cm³/mol. The summed E-state index contributed by atoms with van der Waals surface area (Å²) in [5.74, 6) is 0.231. The molecule has 3 aromatic rings. The van der Waals surface area contributed by atoms with Gasteiger partial charge in [-0.05, 0) is 75.9 Å². The number of amides is 2. The van der Waals surface area contributed by atoms with Gasteiger partial charge in [0.15, 0.2) is 6.61 Å². The van der Waals surface area contributed by atoms with Gasteiger partial charge in [0.25, 0.3) is 5.91 Å². The third kappa shape index (κ3) is 8.26. The Bertz CT molecular complexity index is 1160. The summed E-state index contributed by atoms with van der Waals surface area (Å²) in [5.41, 5.74) is 4.77. The van der Waals surface area contributed by atoms with E-state index in [9.17, 15) is 9.59 Å². The highest BCUT2D eigenvalue weighted by Gasteiger charge is 2.32. The molecule has 0 saturated heterocycles. The zero-order valence-corrected chi connectivity index (χ0v) is 22.3. The van der Waals surface area contributed by atoms with Gasteiger partial charge in [0.1, 0.15) is 11.8 Å². The minimum atomic E-state index is -0.692. The van der Waals surface area contributed by atoms with Gasteiger partial charge in [-0.15, -0.1) is 0 Å². The van der Waals surface area contributed by atoms with Crippen LogP contribution in [0.4, 0.5) is 0 Å². The van der Waals surface area contributed by atoms with Gasteiger partial charge in [0, 0.05) is 18.5 Å². The maximum atomic E-state index is 13.7. The molecule has 0 radical (unpaired) electrons. The summed E-state index contributed by atoms with van der Waals surface area (Å²) < 4.78 is 5.93. The molecular weight excluding hydrogens is 448 g/mol. The molecule has 0 aliphatic rings. The number of rotatable bonds is 9. The van der Waals surface area contributed by atoms with Gasteiger partial charge in [-0.25, -0.2) is 0 Å². The summed E-state index contributed by atoms with van der Waals surface area (Å²) in [6.07, 6.45) is 0.407. The van der Waals surface area contributed by atoms with Crippen LogP contribution in [0.5, 0.6) is 5.75 Å². The molecule has 0 aliphatic heterocycles. The van der Waals surface area contributed by atoms with Crippen LogP contribution in [0.1, 0.15) is 48.6 Å². The Morgan fingerprint density at radius 2 is 1.47 bits per heavy atom. The lowest BCUT2D eigenvalue weighted by Gasteiger charge is -2.33. The van der Waals surface area contributed by atoms with E-state index in [-0.39, 0.29) is 18.4 Å². The van der Waals surface area contributed by atoms with Gasteiger partial charge in [0.05, 0.1) is 0 Å². The maximum absolute atomic E-state index is 13.7. The molecule has 1 atom stereocenters. The van der Waals surface area contributed by atoms with Crippen molar-refractivity contribution >= 4 is 11.8 Å². The molecule has 0 unspecified atom stereocenters. The summed E-state index contributed by atoms with van der Waals surface area (Å²) in [6, 6.07) is 23.0. The number of nitrogens with zero attached hydrogens (tertiary/aromatic N) is 1. The second-order valence-corrected chi connectivity index (χ2v) is 10.6. The van der Waals surface area contributed by atoms with Crippen molar-refractivity contribution in [3.8, 4) is 5.75 Å². The quantitative estimate of drug-likeness (QED) is 0.432. The fraction of sp³-hybridized carbons (Fsp3) is 0.355. The van der Waals surface area contributed by atoms with Gasteiger partial charge < -0.3 is 15.0 Å². The van der Waals surface area contributed by atoms with Crippen molar-refractivity contribution in [2.24, 2.45) is 0 Å². The number of carbonyl (C=O) groups excluding carboxylic acids is 2. The summed E-state index contributed by atoms with van der Waals surface area (Å²) >= 11 is 0. The smallest absolute Gasteiger partial charge is 0.261 e. The molecule has 36 heavy (non-hydrogen) atoms. The van der Waals surface area contributed by atoms with Gasteiger partial charge in [-0.3, -0.25) is 9.59 Å². The van der Waals surface area contributed by atoms with Crippen LogP contribution >= 0.6 is 0 Å². The zero-order chi connectivity index (χ0) is 26.3. The molecule has 1 N–H and O–H groups in total. The summed E-state index contributed by atoms with van der Waals surface area (Å²) in [6.45, 7) is 12.0. The molecule has 0 spiro atoms. The maximum Gasteiger partial charge on any atom is 0.261 e.